The number of rotatable bonds is 3. The van der Waals surface area contributed by atoms with E-state index in [0.717, 1.165) is 38.0 Å². The second-order valence-electron chi connectivity index (χ2n) is 6.62. The van der Waals surface area contributed by atoms with Crippen LogP contribution >= 0.6 is 0 Å². The van der Waals surface area contributed by atoms with Crippen molar-refractivity contribution >= 4 is 5.91 Å². The van der Waals surface area contributed by atoms with E-state index in [1.54, 1.807) is 0 Å². The van der Waals surface area contributed by atoms with Crippen molar-refractivity contribution in [3.8, 4) is 0 Å². The number of nitrogens with zero attached hydrogens (tertiary/aromatic N) is 1. The van der Waals surface area contributed by atoms with Gasteiger partial charge < -0.3 is 15.2 Å². The maximum atomic E-state index is 12.6. The molecule has 3 rings (SSSR count). The summed E-state index contributed by atoms with van der Waals surface area (Å²) < 4.78 is 2.18. The summed E-state index contributed by atoms with van der Waals surface area (Å²) >= 11 is 0. The van der Waals surface area contributed by atoms with Gasteiger partial charge in [-0.25, -0.2) is 0 Å². The van der Waals surface area contributed by atoms with Crippen LogP contribution in [0.3, 0.4) is 0 Å². The van der Waals surface area contributed by atoms with Crippen molar-refractivity contribution in [3.05, 3.63) is 24.0 Å². The van der Waals surface area contributed by atoms with Crippen LogP contribution in [0.25, 0.3) is 0 Å². The van der Waals surface area contributed by atoms with Gasteiger partial charge in [0.1, 0.15) is 5.69 Å². The maximum absolute atomic E-state index is 12.6. The summed E-state index contributed by atoms with van der Waals surface area (Å²) in [5.74, 6) is 0.710. The third kappa shape index (κ3) is 3.31. The SMILES string of the molecule is CC1CCCCC1NC(=O)c1cccn1C1CCNCC1. The normalized spacial score (nSPS) is 27.5. The molecule has 1 saturated carbocycles. The molecule has 2 aliphatic rings. The van der Waals surface area contributed by atoms with Gasteiger partial charge in [0.15, 0.2) is 0 Å². The zero-order chi connectivity index (χ0) is 14.7. The Labute approximate surface area is 127 Å². The molecule has 2 fully saturated rings. The summed E-state index contributed by atoms with van der Waals surface area (Å²) in [4.78, 5) is 12.6. The smallest absolute Gasteiger partial charge is 0.268 e. The van der Waals surface area contributed by atoms with Gasteiger partial charge in [-0.15, -0.1) is 0 Å². The first-order chi connectivity index (χ1) is 10.3. The van der Waals surface area contributed by atoms with Gasteiger partial charge in [0.2, 0.25) is 0 Å². The van der Waals surface area contributed by atoms with Crippen LogP contribution in [-0.4, -0.2) is 29.6 Å². The molecule has 2 N–H and O–H groups in total. The zero-order valence-electron chi connectivity index (χ0n) is 13.0. The highest BCUT2D eigenvalue weighted by Gasteiger charge is 2.25. The summed E-state index contributed by atoms with van der Waals surface area (Å²) in [5.41, 5.74) is 0.833. The fourth-order valence-electron chi connectivity index (χ4n) is 3.76. The van der Waals surface area contributed by atoms with E-state index >= 15 is 0 Å². The predicted octanol–water partition coefficient (Wildman–Crippen LogP) is 2.72. The first-order valence-corrected chi connectivity index (χ1v) is 8.44. The molecule has 1 aromatic heterocycles. The summed E-state index contributed by atoms with van der Waals surface area (Å²) in [6, 6.07) is 4.78. The number of piperidine rings is 1. The quantitative estimate of drug-likeness (QED) is 0.898. The summed E-state index contributed by atoms with van der Waals surface area (Å²) in [7, 11) is 0. The third-order valence-corrected chi connectivity index (χ3v) is 5.14. The number of carbonyl (C=O) groups excluding carboxylic acids is 1. The van der Waals surface area contributed by atoms with Crippen LogP contribution in [-0.2, 0) is 0 Å². The number of hydrogen-bond donors (Lipinski definition) is 2. The maximum Gasteiger partial charge on any atom is 0.268 e. The molecule has 1 aromatic rings. The van der Waals surface area contributed by atoms with Gasteiger partial charge in [-0.2, -0.15) is 0 Å². The van der Waals surface area contributed by atoms with Gasteiger partial charge in [0.05, 0.1) is 0 Å². The molecule has 0 aromatic carbocycles. The molecule has 2 unspecified atom stereocenters. The first-order valence-electron chi connectivity index (χ1n) is 8.44. The van der Waals surface area contributed by atoms with Gasteiger partial charge in [-0.3, -0.25) is 4.79 Å². The fourth-order valence-corrected chi connectivity index (χ4v) is 3.76. The van der Waals surface area contributed by atoms with E-state index in [4.69, 9.17) is 0 Å². The van der Waals surface area contributed by atoms with Crippen LogP contribution in [0.4, 0.5) is 0 Å². The Kier molecular flexibility index (Phi) is 4.63. The highest BCUT2D eigenvalue weighted by Crippen LogP contribution is 2.25. The minimum Gasteiger partial charge on any atom is -0.348 e. The highest BCUT2D eigenvalue weighted by atomic mass is 16.2. The Morgan fingerprint density at radius 1 is 1.24 bits per heavy atom. The number of nitrogens with one attached hydrogen (secondary N) is 2. The van der Waals surface area contributed by atoms with Gasteiger partial charge in [-0.05, 0) is 56.8 Å². The molecule has 116 valence electrons. The van der Waals surface area contributed by atoms with E-state index in [2.05, 4.69) is 28.3 Å². The Bertz CT molecular complexity index is 476. The van der Waals surface area contributed by atoms with E-state index in [-0.39, 0.29) is 5.91 Å². The Morgan fingerprint density at radius 2 is 2.00 bits per heavy atom. The van der Waals surface area contributed by atoms with E-state index in [1.165, 1.54) is 19.3 Å². The van der Waals surface area contributed by atoms with Crippen molar-refractivity contribution in [1.82, 2.24) is 15.2 Å². The number of aromatic nitrogens is 1. The monoisotopic (exact) mass is 289 g/mol. The molecular weight excluding hydrogens is 262 g/mol. The molecule has 1 amide bonds. The van der Waals surface area contributed by atoms with Crippen molar-refractivity contribution in [2.45, 2.75) is 57.5 Å². The average molecular weight is 289 g/mol. The number of amides is 1. The van der Waals surface area contributed by atoms with E-state index in [1.807, 2.05) is 12.1 Å². The Hall–Kier alpha value is -1.29. The lowest BCUT2D eigenvalue weighted by molar-refractivity contribution is 0.0897. The molecule has 0 spiro atoms. The van der Waals surface area contributed by atoms with E-state index < -0.39 is 0 Å². The summed E-state index contributed by atoms with van der Waals surface area (Å²) in [6.07, 6.45) is 9.18. The lowest BCUT2D eigenvalue weighted by atomic mass is 9.86. The molecule has 0 bridgehead atoms. The lowest BCUT2D eigenvalue weighted by Gasteiger charge is -2.30. The highest BCUT2D eigenvalue weighted by molar-refractivity contribution is 5.93. The van der Waals surface area contributed by atoms with Gasteiger partial charge in [0, 0.05) is 18.3 Å². The molecule has 1 aliphatic carbocycles. The van der Waals surface area contributed by atoms with Gasteiger partial charge in [0.25, 0.3) is 5.91 Å². The summed E-state index contributed by atoms with van der Waals surface area (Å²) in [5, 5.41) is 6.66. The fraction of sp³-hybridized carbons (Fsp3) is 0.706. The van der Waals surface area contributed by atoms with E-state index in [0.29, 0.717) is 18.0 Å². The molecule has 4 heteroatoms. The van der Waals surface area contributed by atoms with Crippen molar-refractivity contribution < 1.29 is 4.79 Å². The second-order valence-corrected chi connectivity index (χ2v) is 6.62. The number of hydrogen-bond acceptors (Lipinski definition) is 2. The lowest BCUT2D eigenvalue weighted by Crippen LogP contribution is -2.42. The second kappa shape index (κ2) is 6.65. The van der Waals surface area contributed by atoms with Gasteiger partial charge in [-0.1, -0.05) is 19.8 Å². The molecular formula is C17H27N3O. The van der Waals surface area contributed by atoms with Crippen LogP contribution in [0.2, 0.25) is 0 Å². The topological polar surface area (TPSA) is 46.1 Å². The van der Waals surface area contributed by atoms with Crippen LogP contribution in [0, 0.1) is 5.92 Å². The van der Waals surface area contributed by atoms with Crippen molar-refractivity contribution in [2.24, 2.45) is 5.92 Å². The number of carbonyl (C=O) groups is 1. The van der Waals surface area contributed by atoms with Gasteiger partial charge >= 0.3 is 0 Å². The van der Waals surface area contributed by atoms with Crippen molar-refractivity contribution in [2.75, 3.05) is 13.1 Å². The first kappa shape index (κ1) is 14.6. The molecule has 4 nitrogen and oxygen atoms in total. The minimum absolute atomic E-state index is 0.109. The van der Waals surface area contributed by atoms with Crippen LogP contribution in [0.5, 0.6) is 0 Å². The van der Waals surface area contributed by atoms with Crippen LogP contribution in [0.1, 0.15) is 62.0 Å². The van der Waals surface area contributed by atoms with Crippen LogP contribution in [0.15, 0.2) is 18.3 Å². The molecule has 21 heavy (non-hydrogen) atoms. The van der Waals surface area contributed by atoms with E-state index in [9.17, 15) is 4.79 Å². The van der Waals surface area contributed by atoms with Crippen LogP contribution < -0.4 is 10.6 Å². The zero-order valence-corrected chi connectivity index (χ0v) is 13.0. The third-order valence-electron chi connectivity index (χ3n) is 5.14. The molecule has 2 atom stereocenters. The van der Waals surface area contributed by atoms with Crippen molar-refractivity contribution in [1.29, 1.82) is 0 Å². The Balaban J connectivity index is 1.68. The summed E-state index contributed by atoms with van der Waals surface area (Å²) in [6.45, 7) is 4.35. The standard InChI is InChI=1S/C17H27N3O/c1-13-5-2-3-6-15(13)19-17(21)16-7-4-12-20(16)14-8-10-18-11-9-14/h4,7,12-15,18H,2-3,5-6,8-11H2,1H3,(H,19,21). The molecule has 1 saturated heterocycles. The largest absolute Gasteiger partial charge is 0.348 e. The molecule has 2 heterocycles. The Morgan fingerprint density at radius 3 is 2.76 bits per heavy atom. The predicted molar refractivity (Wildman–Crippen MR) is 84.5 cm³/mol. The molecule has 0 radical (unpaired) electrons. The van der Waals surface area contributed by atoms with Crippen molar-refractivity contribution in [3.63, 3.8) is 0 Å². The average Bonchev–Trinajstić information content (AvgIpc) is 3.00. The minimum atomic E-state index is 0.109. The molecule has 1 aliphatic heterocycles.